The topological polar surface area (TPSA) is 83.2 Å². The molecule has 6 nitrogen and oxygen atoms in total. The van der Waals surface area contributed by atoms with Crippen LogP contribution in [0.2, 0.25) is 0 Å². The first-order valence-corrected chi connectivity index (χ1v) is 13.8. The Labute approximate surface area is 216 Å². The smallest absolute Gasteiger partial charge is 0.101 e. The molecule has 0 unspecified atom stereocenters. The van der Waals surface area contributed by atoms with E-state index in [1.807, 2.05) is 33.9 Å². The van der Waals surface area contributed by atoms with Crippen LogP contribution in [0.25, 0.3) is 11.4 Å². The van der Waals surface area contributed by atoms with Crippen LogP contribution in [0.5, 0.6) is 0 Å². The van der Waals surface area contributed by atoms with E-state index in [9.17, 15) is 10.5 Å². The van der Waals surface area contributed by atoms with Crippen LogP contribution >= 0.6 is 0 Å². The van der Waals surface area contributed by atoms with Gasteiger partial charge in [0.05, 0.1) is 33.9 Å². The zero-order valence-corrected chi connectivity index (χ0v) is 22.0. The van der Waals surface area contributed by atoms with E-state index in [1.54, 1.807) is 12.1 Å². The fourth-order valence-corrected chi connectivity index (χ4v) is 4.56. The van der Waals surface area contributed by atoms with Gasteiger partial charge in [-0.1, -0.05) is 78.1 Å². The molecule has 3 aromatic rings. The van der Waals surface area contributed by atoms with Crippen LogP contribution in [0.1, 0.15) is 113 Å². The lowest BCUT2D eigenvalue weighted by atomic mass is 10.1. The minimum Gasteiger partial charge on any atom is -0.238 e. The van der Waals surface area contributed by atoms with E-state index in [2.05, 4.69) is 26.0 Å². The molecule has 0 aliphatic heterocycles. The molecular weight excluding hydrogens is 444 g/mol. The third-order valence-corrected chi connectivity index (χ3v) is 6.71. The Morgan fingerprint density at radius 3 is 1.39 bits per heavy atom. The van der Waals surface area contributed by atoms with Gasteiger partial charge in [0.25, 0.3) is 0 Å². The summed E-state index contributed by atoms with van der Waals surface area (Å²) in [5.74, 6) is 0. The molecule has 0 N–H and O–H groups in total. The second-order valence-electron chi connectivity index (χ2n) is 9.65. The van der Waals surface area contributed by atoms with Crippen molar-refractivity contribution in [3.8, 4) is 23.5 Å². The molecule has 0 amide bonds. The van der Waals surface area contributed by atoms with Gasteiger partial charge in [-0.05, 0) is 49.9 Å². The summed E-state index contributed by atoms with van der Waals surface area (Å²) in [4.78, 5) is 0. The predicted octanol–water partition coefficient (Wildman–Crippen LogP) is 7.61. The van der Waals surface area contributed by atoms with Crippen LogP contribution in [0.15, 0.2) is 36.7 Å². The summed E-state index contributed by atoms with van der Waals surface area (Å²) in [6.07, 6.45) is 20.8. The Balaban J connectivity index is 1.75. The number of benzene rings is 1. The molecule has 0 atom stereocenters. The summed E-state index contributed by atoms with van der Waals surface area (Å²) in [5, 5.41) is 28.8. The Morgan fingerprint density at radius 2 is 1.00 bits per heavy atom. The first-order valence-electron chi connectivity index (χ1n) is 13.8. The van der Waals surface area contributed by atoms with Gasteiger partial charge in [0.2, 0.25) is 0 Å². The van der Waals surface area contributed by atoms with E-state index in [-0.39, 0.29) is 0 Å². The van der Waals surface area contributed by atoms with E-state index in [0.29, 0.717) is 11.1 Å². The number of hydrogen-bond donors (Lipinski definition) is 0. The van der Waals surface area contributed by atoms with Gasteiger partial charge in [-0.15, -0.1) is 0 Å². The molecule has 36 heavy (non-hydrogen) atoms. The molecule has 0 saturated carbocycles. The van der Waals surface area contributed by atoms with Gasteiger partial charge >= 0.3 is 0 Å². The summed E-state index contributed by atoms with van der Waals surface area (Å²) < 4.78 is 3.64. The van der Waals surface area contributed by atoms with Gasteiger partial charge in [-0.3, -0.25) is 0 Å². The van der Waals surface area contributed by atoms with Crippen molar-refractivity contribution in [3.63, 3.8) is 0 Å². The van der Waals surface area contributed by atoms with Crippen molar-refractivity contribution in [3.05, 3.63) is 59.2 Å². The maximum Gasteiger partial charge on any atom is 0.101 e. The van der Waals surface area contributed by atoms with Crippen molar-refractivity contribution < 1.29 is 0 Å². The SMILES string of the molecule is CCCCCCCCc1ccn(-c2cc(C#N)c(C#N)cc2-n2ccc(CCCCCCCC)n2)n1. The van der Waals surface area contributed by atoms with Crippen LogP contribution in [-0.2, 0) is 12.8 Å². The van der Waals surface area contributed by atoms with Crippen molar-refractivity contribution in [2.45, 2.75) is 104 Å². The number of aromatic nitrogens is 4. The van der Waals surface area contributed by atoms with E-state index in [1.165, 1.54) is 64.2 Å². The number of hydrogen-bond acceptors (Lipinski definition) is 4. The summed E-state index contributed by atoms with van der Waals surface area (Å²) in [5.41, 5.74) is 4.31. The zero-order chi connectivity index (χ0) is 25.6. The van der Waals surface area contributed by atoms with Gasteiger partial charge in [0.15, 0.2) is 0 Å². The van der Waals surface area contributed by atoms with Gasteiger partial charge in [-0.25, -0.2) is 9.36 Å². The molecule has 2 heterocycles. The maximum absolute atomic E-state index is 9.62. The minimum absolute atomic E-state index is 0.351. The molecule has 0 fully saturated rings. The Hall–Kier alpha value is -3.38. The fraction of sp³-hybridized carbons (Fsp3) is 0.533. The average Bonchev–Trinajstić information content (AvgIpc) is 3.57. The van der Waals surface area contributed by atoms with E-state index in [4.69, 9.17) is 10.2 Å². The first-order chi connectivity index (χ1) is 17.7. The summed E-state index contributed by atoms with van der Waals surface area (Å²) in [6, 6.07) is 11.9. The third-order valence-electron chi connectivity index (χ3n) is 6.71. The minimum atomic E-state index is 0.351. The molecule has 3 rings (SSSR count). The largest absolute Gasteiger partial charge is 0.238 e. The Kier molecular flexibility index (Phi) is 11.3. The number of rotatable bonds is 16. The van der Waals surface area contributed by atoms with Gasteiger partial charge in [0, 0.05) is 12.4 Å². The molecule has 1 aromatic carbocycles. The van der Waals surface area contributed by atoms with Gasteiger partial charge in [0.1, 0.15) is 12.1 Å². The lowest BCUT2D eigenvalue weighted by molar-refractivity contribution is 0.602. The number of nitriles is 2. The van der Waals surface area contributed by atoms with Crippen LogP contribution in [0, 0.1) is 22.7 Å². The first kappa shape index (κ1) is 27.2. The van der Waals surface area contributed by atoms with Crippen LogP contribution < -0.4 is 0 Å². The van der Waals surface area contributed by atoms with E-state index in [0.717, 1.165) is 48.4 Å². The molecule has 6 heteroatoms. The third kappa shape index (κ3) is 7.82. The van der Waals surface area contributed by atoms with Crippen molar-refractivity contribution >= 4 is 0 Å². The van der Waals surface area contributed by atoms with Crippen molar-refractivity contribution in [2.24, 2.45) is 0 Å². The summed E-state index contributed by atoms with van der Waals surface area (Å²) >= 11 is 0. The summed E-state index contributed by atoms with van der Waals surface area (Å²) in [7, 11) is 0. The molecule has 0 radical (unpaired) electrons. The van der Waals surface area contributed by atoms with Crippen molar-refractivity contribution in [1.82, 2.24) is 19.6 Å². The van der Waals surface area contributed by atoms with Crippen molar-refractivity contribution in [1.29, 1.82) is 10.5 Å². The monoisotopic (exact) mass is 484 g/mol. The van der Waals surface area contributed by atoms with E-state index < -0.39 is 0 Å². The standard InChI is InChI=1S/C30H40N6/c1-3-5-7-9-11-13-15-27-17-19-35(33-27)29-21-25(23-31)26(24-32)22-30(29)36-20-18-28(34-36)16-14-12-10-8-6-4-2/h17-22H,3-16H2,1-2H3. The Bertz CT molecular complexity index is 1070. The molecule has 0 spiro atoms. The highest BCUT2D eigenvalue weighted by Gasteiger charge is 2.15. The van der Waals surface area contributed by atoms with Gasteiger partial charge < -0.3 is 0 Å². The normalized spacial score (nSPS) is 10.9. The highest BCUT2D eigenvalue weighted by molar-refractivity contribution is 5.62. The number of nitrogens with zero attached hydrogens (tertiary/aromatic N) is 6. The second kappa shape index (κ2) is 14.9. The number of unbranched alkanes of at least 4 members (excludes halogenated alkanes) is 10. The Morgan fingerprint density at radius 1 is 0.611 bits per heavy atom. The van der Waals surface area contributed by atoms with Gasteiger partial charge in [-0.2, -0.15) is 20.7 Å². The predicted molar refractivity (Wildman–Crippen MR) is 144 cm³/mol. The lowest BCUT2D eigenvalue weighted by Crippen LogP contribution is -2.07. The highest BCUT2D eigenvalue weighted by atomic mass is 15.3. The van der Waals surface area contributed by atoms with E-state index >= 15 is 0 Å². The molecule has 0 bridgehead atoms. The number of aryl methyl sites for hydroxylation is 2. The van der Waals surface area contributed by atoms with Crippen LogP contribution in [0.3, 0.4) is 0 Å². The zero-order valence-electron chi connectivity index (χ0n) is 22.0. The quantitative estimate of drug-likeness (QED) is 0.196. The summed E-state index contributed by atoms with van der Waals surface area (Å²) in [6.45, 7) is 4.48. The highest BCUT2D eigenvalue weighted by Crippen LogP contribution is 2.24. The molecule has 0 aliphatic rings. The molecule has 190 valence electrons. The maximum atomic E-state index is 9.62. The second-order valence-corrected chi connectivity index (χ2v) is 9.65. The lowest BCUT2D eigenvalue weighted by Gasteiger charge is -2.12. The van der Waals surface area contributed by atoms with Crippen LogP contribution in [-0.4, -0.2) is 19.6 Å². The fourth-order valence-electron chi connectivity index (χ4n) is 4.56. The molecule has 0 aliphatic carbocycles. The van der Waals surface area contributed by atoms with Crippen molar-refractivity contribution in [2.75, 3.05) is 0 Å². The molecule has 0 saturated heterocycles. The van der Waals surface area contributed by atoms with Crippen LogP contribution in [0.4, 0.5) is 0 Å². The molecular formula is C30H40N6. The average molecular weight is 485 g/mol. The molecule has 2 aromatic heterocycles.